The SMILES string of the molecule is COC(C(O)Cc1cn2ccsc2n1)C1CC1. The number of methoxy groups -OCH3 is 1. The smallest absolute Gasteiger partial charge is 0.193 e. The number of hydrogen-bond acceptors (Lipinski definition) is 4. The quantitative estimate of drug-likeness (QED) is 0.881. The van der Waals surface area contributed by atoms with Crippen molar-refractivity contribution in [1.29, 1.82) is 0 Å². The summed E-state index contributed by atoms with van der Waals surface area (Å²) in [5.41, 5.74) is 0.937. The maximum absolute atomic E-state index is 10.2. The molecule has 0 aliphatic heterocycles. The number of rotatable bonds is 5. The zero-order valence-corrected chi connectivity index (χ0v) is 10.6. The second-order valence-corrected chi connectivity index (χ2v) is 5.51. The Bertz CT molecular complexity index is 475. The molecule has 0 bridgehead atoms. The van der Waals surface area contributed by atoms with Gasteiger partial charge >= 0.3 is 0 Å². The van der Waals surface area contributed by atoms with Crippen LogP contribution in [-0.4, -0.2) is 33.8 Å². The van der Waals surface area contributed by atoms with Gasteiger partial charge in [0.15, 0.2) is 4.96 Å². The topological polar surface area (TPSA) is 46.8 Å². The van der Waals surface area contributed by atoms with Crippen molar-refractivity contribution in [3.8, 4) is 0 Å². The Morgan fingerprint density at radius 1 is 1.65 bits per heavy atom. The maximum Gasteiger partial charge on any atom is 0.193 e. The highest BCUT2D eigenvalue weighted by Gasteiger charge is 2.36. The van der Waals surface area contributed by atoms with Gasteiger partial charge in [-0.05, 0) is 18.8 Å². The molecule has 0 radical (unpaired) electrons. The normalized spacial score (nSPS) is 19.6. The summed E-state index contributed by atoms with van der Waals surface area (Å²) < 4.78 is 7.37. The number of imidazole rings is 1. The van der Waals surface area contributed by atoms with Crippen LogP contribution in [0.4, 0.5) is 0 Å². The first kappa shape index (κ1) is 11.2. The fraction of sp³-hybridized carbons (Fsp3) is 0.583. The summed E-state index contributed by atoms with van der Waals surface area (Å²) in [5, 5.41) is 12.2. The minimum atomic E-state index is -0.447. The van der Waals surface area contributed by atoms with Gasteiger partial charge in [-0.25, -0.2) is 4.98 Å². The van der Waals surface area contributed by atoms with Gasteiger partial charge in [-0.15, -0.1) is 11.3 Å². The molecule has 0 aromatic carbocycles. The summed E-state index contributed by atoms with van der Waals surface area (Å²) in [5.74, 6) is 0.540. The lowest BCUT2D eigenvalue weighted by Crippen LogP contribution is -2.31. The van der Waals surface area contributed by atoms with Crippen LogP contribution in [0.2, 0.25) is 0 Å². The molecule has 0 amide bonds. The van der Waals surface area contributed by atoms with Crippen LogP contribution < -0.4 is 0 Å². The van der Waals surface area contributed by atoms with Crippen LogP contribution in [0.15, 0.2) is 17.8 Å². The number of nitrogens with zero attached hydrogens (tertiary/aromatic N) is 2. The molecule has 2 atom stereocenters. The third-order valence-corrected chi connectivity index (χ3v) is 4.07. The molecule has 2 heterocycles. The Morgan fingerprint density at radius 3 is 3.12 bits per heavy atom. The summed E-state index contributed by atoms with van der Waals surface area (Å²) in [6.07, 6.45) is 6.41. The van der Waals surface area contributed by atoms with E-state index in [9.17, 15) is 5.11 Å². The lowest BCUT2D eigenvalue weighted by atomic mass is 10.0. The van der Waals surface area contributed by atoms with E-state index in [1.165, 1.54) is 12.8 Å². The number of aromatic nitrogens is 2. The second-order valence-electron chi connectivity index (χ2n) is 4.63. The van der Waals surface area contributed by atoms with E-state index in [1.54, 1.807) is 18.4 Å². The third kappa shape index (κ3) is 2.22. The van der Waals surface area contributed by atoms with E-state index in [0.717, 1.165) is 10.7 Å². The summed E-state index contributed by atoms with van der Waals surface area (Å²) in [7, 11) is 1.68. The van der Waals surface area contributed by atoms with Crippen LogP contribution in [0.5, 0.6) is 0 Å². The predicted molar refractivity (Wildman–Crippen MR) is 66.3 cm³/mol. The fourth-order valence-corrected chi connectivity index (χ4v) is 3.01. The molecule has 92 valence electrons. The lowest BCUT2D eigenvalue weighted by Gasteiger charge is -2.20. The van der Waals surface area contributed by atoms with Gasteiger partial charge in [-0.3, -0.25) is 4.40 Å². The number of aliphatic hydroxyl groups is 1. The van der Waals surface area contributed by atoms with Crippen LogP contribution in [0.1, 0.15) is 18.5 Å². The molecule has 1 aliphatic carbocycles. The minimum Gasteiger partial charge on any atom is -0.390 e. The molecule has 1 saturated carbocycles. The first-order chi connectivity index (χ1) is 8.28. The minimum absolute atomic E-state index is 0.0327. The molecule has 4 nitrogen and oxygen atoms in total. The van der Waals surface area contributed by atoms with Crippen molar-refractivity contribution < 1.29 is 9.84 Å². The monoisotopic (exact) mass is 252 g/mol. The highest BCUT2D eigenvalue weighted by Crippen LogP contribution is 2.36. The molecule has 0 saturated heterocycles. The maximum atomic E-state index is 10.2. The van der Waals surface area contributed by atoms with Crippen molar-refractivity contribution in [2.24, 2.45) is 5.92 Å². The number of fused-ring (bicyclic) bond motifs is 1. The Hall–Kier alpha value is -0.910. The van der Waals surface area contributed by atoms with Gasteiger partial charge < -0.3 is 9.84 Å². The van der Waals surface area contributed by atoms with Gasteiger partial charge in [-0.2, -0.15) is 0 Å². The molecule has 17 heavy (non-hydrogen) atoms. The number of aliphatic hydroxyl groups excluding tert-OH is 1. The highest BCUT2D eigenvalue weighted by atomic mass is 32.1. The molecule has 1 aliphatic rings. The van der Waals surface area contributed by atoms with Crippen LogP contribution in [0.3, 0.4) is 0 Å². The fourth-order valence-electron chi connectivity index (χ4n) is 2.29. The number of hydrogen-bond donors (Lipinski definition) is 1. The van der Waals surface area contributed by atoms with Gasteiger partial charge in [-0.1, -0.05) is 0 Å². The van der Waals surface area contributed by atoms with Gasteiger partial charge in [0.25, 0.3) is 0 Å². The van der Waals surface area contributed by atoms with E-state index in [1.807, 2.05) is 22.2 Å². The predicted octanol–water partition coefficient (Wildman–Crippen LogP) is 1.72. The summed E-state index contributed by atoms with van der Waals surface area (Å²) in [6, 6.07) is 0. The number of ether oxygens (including phenoxy) is 1. The Morgan fingerprint density at radius 2 is 2.47 bits per heavy atom. The molecule has 2 aromatic heterocycles. The third-order valence-electron chi connectivity index (χ3n) is 3.30. The summed E-state index contributed by atoms with van der Waals surface area (Å²) >= 11 is 1.61. The summed E-state index contributed by atoms with van der Waals surface area (Å²) in [4.78, 5) is 5.45. The van der Waals surface area contributed by atoms with Gasteiger partial charge in [0.05, 0.1) is 17.9 Å². The standard InChI is InChI=1S/C12H16N2O2S/c1-16-11(8-2-3-8)10(15)6-9-7-14-4-5-17-12(14)13-9/h4-5,7-8,10-11,15H,2-3,6H2,1H3. The van der Waals surface area contributed by atoms with Crippen molar-refractivity contribution in [3.63, 3.8) is 0 Å². The summed E-state index contributed by atoms with van der Waals surface area (Å²) in [6.45, 7) is 0. The first-order valence-electron chi connectivity index (χ1n) is 5.90. The molecule has 2 unspecified atom stereocenters. The first-order valence-corrected chi connectivity index (χ1v) is 6.78. The van der Waals surface area contributed by atoms with E-state index >= 15 is 0 Å². The molecule has 3 rings (SSSR count). The van der Waals surface area contributed by atoms with E-state index in [2.05, 4.69) is 4.98 Å². The average Bonchev–Trinajstić information content (AvgIpc) is 2.89. The van der Waals surface area contributed by atoms with Crippen LogP contribution in [-0.2, 0) is 11.2 Å². The average molecular weight is 252 g/mol. The van der Waals surface area contributed by atoms with Crippen LogP contribution in [0, 0.1) is 5.92 Å². The van der Waals surface area contributed by atoms with E-state index in [4.69, 9.17) is 4.74 Å². The largest absolute Gasteiger partial charge is 0.390 e. The second kappa shape index (κ2) is 4.40. The van der Waals surface area contributed by atoms with Crippen molar-refractivity contribution >= 4 is 16.3 Å². The van der Waals surface area contributed by atoms with Gasteiger partial charge in [0, 0.05) is 31.3 Å². The van der Waals surface area contributed by atoms with Crippen molar-refractivity contribution in [3.05, 3.63) is 23.5 Å². The van der Waals surface area contributed by atoms with E-state index in [0.29, 0.717) is 12.3 Å². The molecule has 1 N–H and O–H groups in total. The zero-order valence-electron chi connectivity index (χ0n) is 9.74. The molecule has 1 fully saturated rings. The van der Waals surface area contributed by atoms with Gasteiger partial charge in [0.2, 0.25) is 0 Å². The molecular weight excluding hydrogens is 236 g/mol. The van der Waals surface area contributed by atoms with E-state index < -0.39 is 6.10 Å². The Labute approximate surface area is 104 Å². The zero-order chi connectivity index (χ0) is 11.8. The number of thiazole rings is 1. The van der Waals surface area contributed by atoms with E-state index in [-0.39, 0.29) is 6.10 Å². The highest BCUT2D eigenvalue weighted by molar-refractivity contribution is 7.15. The Balaban J connectivity index is 1.71. The Kier molecular flexibility index (Phi) is 2.90. The molecule has 2 aromatic rings. The van der Waals surface area contributed by atoms with Crippen molar-refractivity contribution in [2.45, 2.75) is 31.5 Å². The molecular formula is C12H16N2O2S. The molecule has 5 heteroatoms. The van der Waals surface area contributed by atoms with Crippen molar-refractivity contribution in [2.75, 3.05) is 7.11 Å². The lowest BCUT2D eigenvalue weighted by molar-refractivity contribution is -0.0241. The molecule has 0 spiro atoms. The van der Waals surface area contributed by atoms with Crippen LogP contribution >= 0.6 is 11.3 Å². The van der Waals surface area contributed by atoms with Gasteiger partial charge in [0.1, 0.15) is 0 Å². The van der Waals surface area contributed by atoms with Crippen molar-refractivity contribution in [1.82, 2.24) is 9.38 Å². The van der Waals surface area contributed by atoms with Crippen LogP contribution in [0.25, 0.3) is 4.96 Å².